The highest BCUT2D eigenvalue weighted by Crippen LogP contribution is 2.54. The van der Waals surface area contributed by atoms with Gasteiger partial charge in [0.25, 0.3) is 0 Å². The Morgan fingerprint density at radius 2 is 2.29 bits per heavy atom. The molecule has 1 heterocycles. The Morgan fingerprint density at radius 3 is 3.19 bits per heavy atom. The normalized spacial score (nSPS) is 33.5. The molecule has 2 fully saturated rings. The summed E-state index contributed by atoms with van der Waals surface area (Å²) < 4.78 is 5.68. The van der Waals surface area contributed by atoms with E-state index in [1.165, 1.54) is 44.1 Å². The standard InChI is InChI=1S/C19H23NO/c1-2-11-21-15-7-6-14-12-18-16-5-3-4-8-19(16,9-10-20-18)17(14)13-15/h1,6-7,13,16,18,20H,3-5,8-12H2/t16-,18+,19+/m0/s1. The lowest BCUT2D eigenvalue weighted by Crippen LogP contribution is -2.59. The predicted octanol–water partition coefficient (Wildman–Crippen LogP) is 3.04. The van der Waals surface area contributed by atoms with Gasteiger partial charge in [-0.25, -0.2) is 0 Å². The van der Waals surface area contributed by atoms with E-state index in [1.807, 2.05) is 0 Å². The summed E-state index contributed by atoms with van der Waals surface area (Å²) in [5.41, 5.74) is 3.50. The van der Waals surface area contributed by atoms with Crippen molar-refractivity contribution < 1.29 is 4.74 Å². The summed E-state index contributed by atoms with van der Waals surface area (Å²) in [7, 11) is 0. The molecular weight excluding hydrogens is 258 g/mol. The van der Waals surface area contributed by atoms with Gasteiger partial charge < -0.3 is 10.1 Å². The molecule has 110 valence electrons. The number of piperidine rings is 1. The van der Waals surface area contributed by atoms with Crippen LogP contribution < -0.4 is 10.1 Å². The lowest BCUT2D eigenvalue weighted by Gasteiger charge is -2.56. The van der Waals surface area contributed by atoms with Gasteiger partial charge in [-0.1, -0.05) is 24.8 Å². The van der Waals surface area contributed by atoms with Crippen LogP contribution in [0.15, 0.2) is 18.2 Å². The first-order valence-corrected chi connectivity index (χ1v) is 8.26. The van der Waals surface area contributed by atoms with Crippen LogP contribution >= 0.6 is 0 Å². The van der Waals surface area contributed by atoms with Gasteiger partial charge in [-0.3, -0.25) is 0 Å². The second kappa shape index (κ2) is 5.07. The fourth-order valence-electron chi connectivity index (χ4n) is 5.12. The molecule has 4 rings (SSSR count). The van der Waals surface area contributed by atoms with Crippen molar-refractivity contribution in [2.75, 3.05) is 13.2 Å². The molecule has 0 unspecified atom stereocenters. The van der Waals surface area contributed by atoms with Gasteiger partial charge in [0.2, 0.25) is 0 Å². The highest BCUT2D eigenvalue weighted by atomic mass is 16.5. The van der Waals surface area contributed by atoms with Crippen LogP contribution in [-0.4, -0.2) is 19.2 Å². The summed E-state index contributed by atoms with van der Waals surface area (Å²) >= 11 is 0. The molecule has 2 bridgehead atoms. The van der Waals surface area contributed by atoms with Crippen molar-refractivity contribution in [2.45, 2.75) is 50.0 Å². The number of hydrogen-bond donors (Lipinski definition) is 1. The summed E-state index contributed by atoms with van der Waals surface area (Å²) in [5, 5.41) is 3.78. The monoisotopic (exact) mass is 281 g/mol. The molecule has 1 aromatic rings. The molecule has 0 radical (unpaired) electrons. The van der Waals surface area contributed by atoms with Gasteiger partial charge in [0.15, 0.2) is 0 Å². The third-order valence-corrected chi connectivity index (χ3v) is 5.94. The quantitative estimate of drug-likeness (QED) is 0.841. The van der Waals surface area contributed by atoms with E-state index in [2.05, 4.69) is 29.4 Å². The zero-order valence-corrected chi connectivity index (χ0v) is 12.5. The SMILES string of the molecule is C#CCOc1ccc2c(c1)[C@@]13CCCC[C@H]1[C@@H](C2)NCC3. The molecule has 1 saturated carbocycles. The first-order chi connectivity index (χ1) is 10.3. The van der Waals surface area contributed by atoms with Crippen LogP contribution in [0.4, 0.5) is 0 Å². The molecule has 2 nitrogen and oxygen atoms in total. The largest absolute Gasteiger partial charge is 0.481 e. The summed E-state index contributed by atoms with van der Waals surface area (Å²) in [5.74, 6) is 4.32. The van der Waals surface area contributed by atoms with Crippen LogP contribution in [0.3, 0.4) is 0 Å². The van der Waals surface area contributed by atoms with Crippen molar-refractivity contribution in [1.82, 2.24) is 5.32 Å². The summed E-state index contributed by atoms with van der Waals surface area (Å²) in [6.07, 6.45) is 13.3. The minimum atomic E-state index is 0.361. The van der Waals surface area contributed by atoms with Crippen molar-refractivity contribution in [3.05, 3.63) is 29.3 Å². The van der Waals surface area contributed by atoms with E-state index in [0.29, 0.717) is 18.1 Å². The number of rotatable bonds is 2. The molecule has 1 aliphatic heterocycles. The first kappa shape index (κ1) is 13.2. The minimum Gasteiger partial charge on any atom is -0.481 e. The molecule has 0 aromatic heterocycles. The third-order valence-electron chi connectivity index (χ3n) is 5.94. The zero-order valence-electron chi connectivity index (χ0n) is 12.5. The second-order valence-electron chi connectivity index (χ2n) is 6.83. The van der Waals surface area contributed by atoms with E-state index in [9.17, 15) is 0 Å². The smallest absolute Gasteiger partial charge is 0.148 e. The Morgan fingerprint density at radius 1 is 1.33 bits per heavy atom. The predicted molar refractivity (Wildman–Crippen MR) is 84.5 cm³/mol. The Labute approximate surface area is 127 Å². The van der Waals surface area contributed by atoms with Gasteiger partial charge in [-0.15, -0.1) is 6.42 Å². The van der Waals surface area contributed by atoms with Gasteiger partial charge >= 0.3 is 0 Å². The highest BCUT2D eigenvalue weighted by Gasteiger charge is 2.51. The maximum Gasteiger partial charge on any atom is 0.148 e. The average molecular weight is 281 g/mol. The van der Waals surface area contributed by atoms with E-state index < -0.39 is 0 Å². The Kier molecular flexibility index (Phi) is 3.19. The third kappa shape index (κ3) is 1.99. The number of benzene rings is 1. The summed E-state index contributed by atoms with van der Waals surface area (Å²) in [4.78, 5) is 0. The number of nitrogens with one attached hydrogen (secondary N) is 1. The molecule has 1 saturated heterocycles. The number of hydrogen-bond acceptors (Lipinski definition) is 2. The van der Waals surface area contributed by atoms with Crippen LogP contribution in [0.5, 0.6) is 5.75 Å². The number of ether oxygens (including phenoxy) is 1. The van der Waals surface area contributed by atoms with Crippen molar-refractivity contribution in [3.8, 4) is 18.1 Å². The van der Waals surface area contributed by atoms with E-state index in [4.69, 9.17) is 11.2 Å². The van der Waals surface area contributed by atoms with E-state index in [-0.39, 0.29) is 0 Å². The maximum atomic E-state index is 5.68. The molecule has 21 heavy (non-hydrogen) atoms. The summed E-state index contributed by atoms with van der Waals surface area (Å²) in [6, 6.07) is 7.34. The lowest BCUT2D eigenvalue weighted by molar-refractivity contribution is 0.0795. The van der Waals surface area contributed by atoms with Gasteiger partial charge in [-0.05, 0) is 61.4 Å². The molecule has 3 aliphatic rings. The van der Waals surface area contributed by atoms with Crippen molar-refractivity contribution in [2.24, 2.45) is 5.92 Å². The van der Waals surface area contributed by atoms with Crippen molar-refractivity contribution in [3.63, 3.8) is 0 Å². The first-order valence-electron chi connectivity index (χ1n) is 8.26. The summed E-state index contributed by atoms with van der Waals surface area (Å²) in [6.45, 7) is 1.52. The van der Waals surface area contributed by atoms with Crippen LogP contribution in [-0.2, 0) is 11.8 Å². The van der Waals surface area contributed by atoms with E-state index >= 15 is 0 Å². The van der Waals surface area contributed by atoms with Crippen molar-refractivity contribution in [1.29, 1.82) is 0 Å². The Balaban J connectivity index is 1.78. The molecule has 0 amide bonds. The lowest BCUT2D eigenvalue weighted by atomic mass is 9.53. The van der Waals surface area contributed by atoms with Gasteiger partial charge in [0, 0.05) is 11.5 Å². The number of fused-ring (bicyclic) bond motifs is 1. The topological polar surface area (TPSA) is 21.3 Å². The van der Waals surface area contributed by atoms with Gasteiger partial charge in [-0.2, -0.15) is 0 Å². The van der Waals surface area contributed by atoms with Crippen LogP contribution in [0.1, 0.15) is 43.2 Å². The molecule has 1 N–H and O–H groups in total. The van der Waals surface area contributed by atoms with Gasteiger partial charge in [0.1, 0.15) is 12.4 Å². The minimum absolute atomic E-state index is 0.361. The second-order valence-corrected chi connectivity index (χ2v) is 6.83. The van der Waals surface area contributed by atoms with Crippen LogP contribution in [0.2, 0.25) is 0 Å². The molecule has 1 aromatic carbocycles. The molecule has 2 aliphatic carbocycles. The zero-order chi connectivity index (χ0) is 14.3. The Hall–Kier alpha value is -1.46. The van der Waals surface area contributed by atoms with E-state index in [1.54, 1.807) is 5.56 Å². The maximum absolute atomic E-state index is 5.68. The Bertz CT molecular complexity index is 584. The van der Waals surface area contributed by atoms with Crippen LogP contribution in [0.25, 0.3) is 0 Å². The van der Waals surface area contributed by atoms with Crippen LogP contribution in [0, 0.1) is 18.3 Å². The van der Waals surface area contributed by atoms with E-state index in [0.717, 1.165) is 18.2 Å². The molecule has 0 spiro atoms. The molecule has 2 heteroatoms. The fraction of sp³-hybridized carbons (Fsp3) is 0.579. The fourth-order valence-corrected chi connectivity index (χ4v) is 5.12. The highest BCUT2D eigenvalue weighted by molar-refractivity contribution is 5.45. The molecular formula is C19H23NO. The molecule has 3 atom stereocenters. The van der Waals surface area contributed by atoms with Gasteiger partial charge in [0.05, 0.1) is 0 Å². The number of terminal acetylenes is 1. The average Bonchev–Trinajstić information content (AvgIpc) is 2.53. The van der Waals surface area contributed by atoms with Crippen molar-refractivity contribution >= 4 is 0 Å².